The predicted molar refractivity (Wildman–Crippen MR) is 99.3 cm³/mol. The second-order valence-electron chi connectivity index (χ2n) is 5.65. The maximum atomic E-state index is 12.4. The molecule has 0 aromatic heterocycles. The van der Waals surface area contributed by atoms with E-state index in [4.69, 9.17) is 16.3 Å². The Morgan fingerprint density at radius 3 is 2.36 bits per heavy atom. The van der Waals surface area contributed by atoms with Crippen molar-refractivity contribution in [3.8, 4) is 5.75 Å². The molecule has 2 rings (SSSR count). The lowest BCUT2D eigenvalue weighted by Crippen LogP contribution is -2.15. The average molecular weight is 382 g/mol. The number of carbonyl (C=O) groups excluding carboxylic acids is 1. The summed E-state index contributed by atoms with van der Waals surface area (Å²) in [6.45, 7) is 5.52. The molecular weight excluding hydrogens is 362 g/mol. The Morgan fingerprint density at radius 1 is 1.16 bits per heavy atom. The molecule has 0 aliphatic rings. The van der Waals surface area contributed by atoms with Gasteiger partial charge in [0.15, 0.2) is 9.84 Å². The number of amides is 1. The number of halogens is 1. The van der Waals surface area contributed by atoms with Crippen molar-refractivity contribution >= 4 is 33.0 Å². The molecule has 7 heteroatoms. The van der Waals surface area contributed by atoms with Gasteiger partial charge in [-0.3, -0.25) is 4.79 Å². The van der Waals surface area contributed by atoms with Gasteiger partial charge in [0.25, 0.3) is 5.91 Å². The summed E-state index contributed by atoms with van der Waals surface area (Å²) in [6.07, 6.45) is 0. The Bertz CT molecular complexity index is 861. The van der Waals surface area contributed by atoms with E-state index in [1.807, 2.05) is 6.92 Å². The predicted octanol–water partition coefficient (Wildman–Crippen LogP) is 4.17. The first-order chi connectivity index (χ1) is 11.8. The largest absolute Gasteiger partial charge is 0.492 e. The molecule has 134 valence electrons. The van der Waals surface area contributed by atoms with Crippen molar-refractivity contribution < 1.29 is 17.9 Å². The third-order valence-electron chi connectivity index (χ3n) is 3.56. The standard InChI is InChI=1S/C18H20ClNO4S/c1-4-24-17-10-7-14(19)11-16(17)20-18(21)13-5-8-15(9-6-13)25(22,23)12(2)3/h5-12H,4H2,1-3H3,(H,20,21). The van der Waals surface area contributed by atoms with Gasteiger partial charge in [-0.2, -0.15) is 0 Å². The number of benzene rings is 2. The van der Waals surface area contributed by atoms with E-state index >= 15 is 0 Å². The van der Waals surface area contributed by atoms with Gasteiger partial charge in [-0.05, 0) is 63.2 Å². The number of carbonyl (C=O) groups is 1. The van der Waals surface area contributed by atoms with E-state index in [-0.39, 0.29) is 10.8 Å². The molecule has 0 heterocycles. The molecule has 25 heavy (non-hydrogen) atoms. The molecular formula is C18H20ClNO4S. The van der Waals surface area contributed by atoms with Crippen molar-refractivity contribution in [1.82, 2.24) is 0 Å². The van der Waals surface area contributed by atoms with Gasteiger partial charge in [-0.1, -0.05) is 11.6 Å². The van der Waals surface area contributed by atoms with Gasteiger partial charge in [0, 0.05) is 10.6 Å². The van der Waals surface area contributed by atoms with Crippen molar-refractivity contribution in [1.29, 1.82) is 0 Å². The molecule has 1 amide bonds. The zero-order valence-corrected chi connectivity index (χ0v) is 15.8. The second kappa shape index (κ2) is 7.89. The van der Waals surface area contributed by atoms with Gasteiger partial charge in [0.1, 0.15) is 5.75 Å². The highest BCUT2D eigenvalue weighted by Crippen LogP contribution is 2.28. The molecule has 0 saturated heterocycles. The van der Waals surface area contributed by atoms with Crippen LogP contribution < -0.4 is 10.1 Å². The Kier molecular flexibility index (Phi) is 6.08. The van der Waals surface area contributed by atoms with E-state index in [9.17, 15) is 13.2 Å². The summed E-state index contributed by atoms with van der Waals surface area (Å²) in [4.78, 5) is 12.6. The topological polar surface area (TPSA) is 72.5 Å². The van der Waals surface area contributed by atoms with Crippen LogP contribution in [0.25, 0.3) is 0 Å². The maximum absolute atomic E-state index is 12.4. The molecule has 5 nitrogen and oxygen atoms in total. The number of nitrogens with one attached hydrogen (secondary N) is 1. The highest BCUT2D eigenvalue weighted by molar-refractivity contribution is 7.92. The summed E-state index contributed by atoms with van der Waals surface area (Å²) in [7, 11) is -3.37. The van der Waals surface area contributed by atoms with Crippen LogP contribution >= 0.6 is 11.6 Å². The SMILES string of the molecule is CCOc1ccc(Cl)cc1NC(=O)c1ccc(S(=O)(=O)C(C)C)cc1. The zero-order valence-electron chi connectivity index (χ0n) is 14.2. The lowest BCUT2D eigenvalue weighted by Gasteiger charge is -2.12. The van der Waals surface area contributed by atoms with E-state index in [0.717, 1.165) is 0 Å². The lowest BCUT2D eigenvalue weighted by atomic mass is 10.2. The molecule has 0 bridgehead atoms. The average Bonchev–Trinajstić information content (AvgIpc) is 2.57. The zero-order chi connectivity index (χ0) is 18.6. The normalized spacial score (nSPS) is 11.4. The van der Waals surface area contributed by atoms with Crippen LogP contribution in [0, 0.1) is 0 Å². The third-order valence-corrected chi connectivity index (χ3v) is 5.96. The monoisotopic (exact) mass is 381 g/mol. The smallest absolute Gasteiger partial charge is 0.255 e. The van der Waals surface area contributed by atoms with Crippen LogP contribution in [0.5, 0.6) is 5.75 Å². The number of hydrogen-bond donors (Lipinski definition) is 1. The molecule has 2 aromatic carbocycles. The number of rotatable bonds is 6. The van der Waals surface area contributed by atoms with E-state index < -0.39 is 15.1 Å². The summed E-state index contributed by atoms with van der Waals surface area (Å²) in [6, 6.07) is 10.8. The number of ether oxygens (including phenoxy) is 1. The highest BCUT2D eigenvalue weighted by Gasteiger charge is 2.19. The van der Waals surface area contributed by atoms with Gasteiger partial charge >= 0.3 is 0 Å². The first-order valence-corrected chi connectivity index (χ1v) is 9.75. The van der Waals surface area contributed by atoms with Crippen LogP contribution in [-0.2, 0) is 9.84 Å². The minimum atomic E-state index is -3.37. The van der Waals surface area contributed by atoms with Crippen molar-refractivity contribution in [3.05, 3.63) is 53.1 Å². The lowest BCUT2D eigenvalue weighted by molar-refractivity contribution is 0.102. The summed E-state index contributed by atoms with van der Waals surface area (Å²) < 4.78 is 29.7. The minimum Gasteiger partial charge on any atom is -0.492 e. The van der Waals surface area contributed by atoms with E-state index in [1.165, 1.54) is 24.3 Å². The molecule has 0 unspecified atom stereocenters. The van der Waals surface area contributed by atoms with Crippen molar-refractivity contribution in [2.24, 2.45) is 0 Å². The fourth-order valence-electron chi connectivity index (χ4n) is 2.14. The number of sulfone groups is 1. The van der Waals surface area contributed by atoms with Crippen LogP contribution in [0.4, 0.5) is 5.69 Å². The summed E-state index contributed by atoms with van der Waals surface area (Å²) in [5.74, 6) is 0.135. The minimum absolute atomic E-state index is 0.191. The van der Waals surface area contributed by atoms with Crippen molar-refractivity contribution in [2.45, 2.75) is 30.9 Å². The molecule has 1 N–H and O–H groups in total. The molecule has 0 spiro atoms. The summed E-state index contributed by atoms with van der Waals surface area (Å²) in [5, 5.41) is 2.68. The molecule has 0 atom stereocenters. The van der Waals surface area contributed by atoms with Crippen LogP contribution in [0.1, 0.15) is 31.1 Å². The fraction of sp³-hybridized carbons (Fsp3) is 0.278. The third kappa shape index (κ3) is 4.52. The Balaban J connectivity index is 2.24. The number of anilines is 1. The molecule has 2 aromatic rings. The van der Waals surface area contributed by atoms with Crippen molar-refractivity contribution in [2.75, 3.05) is 11.9 Å². The fourth-order valence-corrected chi connectivity index (χ4v) is 3.38. The van der Waals surface area contributed by atoms with E-state index in [0.29, 0.717) is 28.6 Å². The Labute approximate surface area is 152 Å². The molecule has 0 fully saturated rings. The van der Waals surface area contributed by atoms with Gasteiger partial charge in [-0.15, -0.1) is 0 Å². The molecule has 0 saturated carbocycles. The summed E-state index contributed by atoms with van der Waals surface area (Å²) >= 11 is 5.97. The summed E-state index contributed by atoms with van der Waals surface area (Å²) in [5.41, 5.74) is 0.795. The van der Waals surface area contributed by atoms with Crippen LogP contribution in [0.3, 0.4) is 0 Å². The van der Waals surface area contributed by atoms with Crippen LogP contribution in [0.2, 0.25) is 5.02 Å². The van der Waals surface area contributed by atoms with Crippen LogP contribution in [-0.4, -0.2) is 26.2 Å². The first kappa shape index (κ1) is 19.3. The van der Waals surface area contributed by atoms with Gasteiger partial charge < -0.3 is 10.1 Å². The molecule has 0 aliphatic heterocycles. The van der Waals surface area contributed by atoms with E-state index in [2.05, 4.69) is 5.32 Å². The molecule has 0 radical (unpaired) electrons. The van der Waals surface area contributed by atoms with Crippen molar-refractivity contribution in [3.63, 3.8) is 0 Å². The van der Waals surface area contributed by atoms with Crippen LogP contribution in [0.15, 0.2) is 47.4 Å². The van der Waals surface area contributed by atoms with Gasteiger partial charge in [0.05, 0.1) is 22.4 Å². The van der Waals surface area contributed by atoms with Gasteiger partial charge in [-0.25, -0.2) is 8.42 Å². The quantitative estimate of drug-likeness (QED) is 0.814. The maximum Gasteiger partial charge on any atom is 0.255 e. The first-order valence-electron chi connectivity index (χ1n) is 7.83. The number of hydrogen-bond acceptors (Lipinski definition) is 4. The van der Waals surface area contributed by atoms with Gasteiger partial charge in [0.2, 0.25) is 0 Å². The second-order valence-corrected chi connectivity index (χ2v) is 8.59. The van der Waals surface area contributed by atoms with E-state index in [1.54, 1.807) is 32.0 Å². The highest BCUT2D eigenvalue weighted by atomic mass is 35.5. The Hall–Kier alpha value is -2.05. The Morgan fingerprint density at radius 2 is 1.80 bits per heavy atom. The molecule has 0 aliphatic carbocycles.